The van der Waals surface area contributed by atoms with Crippen LogP contribution in [0.2, 0.25) is 0 Å². The number of nitrogens with zero attached hydrogens (tertiary/aromatic N) is 2. The van der Waals surface area contributed by atoms with Crippen LogP contribution in [0.3, 0.4) is 0 Å². The van der Waals surface area contributed by atoms with E-state index in [2.05, 4.69) is 10.6 Å². The Bertz CT molecular complexity index is 1040. The summed E-state index contributed by atoms with van der Waals surface area (Å²) < 4.78 is 5.16. The molecule has 1 aliphatic heterocycles. The number of methoxy groups -OCH3 is 1. The highest BCUT2D eigenvalue weighted by Gasteiger charge is 2.30. The van der Waals surface area contributed by atoms with E-state index in [9.17, 15) is 9.59 Å². The first-order valence-electron chi connectivity index (χ1n) is 10.0. The number of anilines is 4. The van der Waals surface area contributed by atoms with Gasteiger partial charge in [-0.1, -0.05) is 18.2 Å². The number of benzene rings is 3. The van der Waals surface area contributed by atoms with Crippen molar-refractivity contribution in [2.45, 2.75) is 0 Å². The zero-order chi connectivity index (χ0) is 21.6. The summed E-state index contributed by atoms with van der Waals surface area (Å²) in [5.74, 6) is 0.505. The van der Waals surface area contributed by atoms with Gasteiger partial charge in [0.1, 0.15) is 12.3 Å². The molecule has 7 nitrogen and oxygen atoms in total. The number of hydrogen-bond donors (Lipinski definition) is 2. The van der Waals surface area contributed by atoms with Crippen molar-refractivity contribution >= 4 is 34.7 Å². The van der Waals surface area contributed by atoms with Crippen molar-refractivity contribution < 1.29 is 14.3 Å². The fraction of sp³-hybridized carbons (Fsp3) is 0.167. The number of ether oxygens (including phenoxy) is 1. The molecule has 0 bridgehead atoms. The third kappa shape index (κ3) is 4.95. The lowest BCUT2D eigenvalue weighted by Gasteiger charge is -2.18. The van der Waals surface area contributed by atoms with E-state index in [1.165, 1.54) is 0 Å². The van der Waals surface area contributed by atoms with Gasteiger partial charge >= 0.3 is 6.03 Å². The maximum atomic E-state index is 12.7. The van der Waals surface area contributed by atoms with Gasteiger partial charge < -0.3 is 20.3 Å². The molecule has 1 fully saturated rings. The summed E-state index contributed by atoms with van der Waals surface area (Å²) >= 11 is 0. The molecule has 4 rings (SSSR count). The van der Waals surface area contributed by atoms with Gasteiger partial charge in [0, 0.05) is 35.8 Å². The molecule has 3 aromatic carbocycles. The Balaban J connectivity index is 1.31. The quantitative estimate of drug-likeness (QED) is 0.602. The zero-order valence-electron chi connectivity index (χ0n) is 17.2. The third-order valence-electron chi connectivity index (χ3n) is 5.04. The number of amides is 3. The van der Waals surface area contributed by atoms with E-state index in [0.29, 0.717) is 18.8 Å². The highest BCUT2D eigenvalue weighted by Crippen LogP contribution is 2.23. The highest BCUT2D eigenvalue weighted by atomic mass is 16.5. The monoisotopic (exact) mass is 416 g/mol. The van der Waals surface area contributed by atoms with E-state index in [1.54, 1.807) is 16.9 Å². The maximum absolute atomic E-state index is 12.7. The van der Waals surface area contributed by atoms with Crippen molar-refractivity contribution in [1.82, 2.24) is 4.90 Å². The van der Waals surface area contributed by atoms with Crippen LogP contribution < -0.4 is 20.3 Å². The van der Waals surface area contributed by atoms with Gasteiger partial charge in [0.25, 0.3) is 0 Å². The van der Waals surface area contributed by atoms with Gasteiger partial charge in [0.15, 0.2) is 0 Å². The minimum atomic E-state index is -0.228. The number of urea groups is 1. The van der Waals surface area contributed by atoms with Crippen molar-refractivity contribution in [2.75, 3.05) is 42.3 Å². The van der Waals surface area contributed by atoms with Crippen LogP contribution in [0.15, 0.2) is 78.9 Å². The molecular formula is C24H24N4O3. The molecule has 7 heteroatoms. The standard InChI is InChI=1S/C24H24N4O3/c1-31-22-13-11-21(12-14-22)28-16-15-27(24(28)30)17-23(29)26-20-9-7-19(8-10-20)25-18-5-3-2-4-6-18/h2-14,25H,15-17H2,1H3,(H,26,29). The minimum absolute atomic E-state index is 0.00943. The van der Waals surface area contributed by atoms with Crippen LogP contribution in [0.4, 0.5) is 27.5 Å². The topological polar surface area (TPSA) is 73.9 Å². The average molecular weight is 416 g/mol. The SMILES string of the molecule is COc1ccc(N2CCN(CC(=O)Nc3ccc(Nc4ccccc4)cc3)C2=O)cc1. The summed E-state index contributed by atoms with van der Waals surface area (Å²) in [5, 5.41) is 6.15. The first kappa shape index (κ1) is 20.3. The predicted molar refractivity (Wildman–Crippen MR) is 122 cm³/mol. The van der Waals surface area contributed by atoms with Crippen molar-refractivity contribution in [2.24, 2.45) is 0 Å². The second-order valence-corrected chi connectivity index (χ2v) is 7.17. The van der Waals surface area contributed by atoms with Gasteiger partial charge in [0.05, 0.1) is 7.11 Å². The molecule has 0 aliphatic carbocycles. The van der Waals surface area contributed by atoms with E-state index >= 15 is 0 Å². The van der Waals surface area contributed by atoms with Gasteiger partial charge in [-0.2, -0.15) is 0 Å². The maximum Gasteiger partial charge on any atom is 0.325 e. The lowest BCUT2D eigenvalue weighted by atomic mass is 10.2. The average Bonchev–Trinajstić information content (AvgIpc) is 3.16. The van der Waals surface area contributed by atoms with Crippen molar-refractivity contribution in [3.63, 3.8) is 0 Å². The van der Waals surface area contributed by atoms with Crippen LogP contribution >= 0.6 is 0 Å². The van der Waals surface area contributed by atoms with E-state index in [0.717, 1.165) is 22.8 Å². The van der Waals surface area contributed by atoms with Crippen molar-refractivity contribution in [3.05, 3.63) is 78.9 Å². The number of carbonyl (C=O) groups excluding carboxylic acids is 2. The van der Waals surface area contributed by atoms with Gasteiger partial charge in [-0.15, -0.1) is 0 Å². The number of para-hydroxylation sites is 1. The van der Waals surface area contributed by atoms with E-state index in [-0.39, 0.29) is 18.5 Å². The van der Waals surface area contributed by atoms with Crippen molar-refractivity contribution in [1.29, 1.82) is 0 Å². The third-order valence-corrected chi connectivity index (χ3v) is 5.04. The van der Waals surface area contributed by atoms with Gasteiger partial charge in [-0.25, -0.2) is 4.79 Å². The predicted octanol–water partition coefficient (Wildman–Crippen LogP) is 4.32. The molecule has 2 N–H and O–H groups in total. The van der Waals surface area contributed by atoms with Gasteiger partial charge in [0.2, 0.25) is 5.91 Å². The Morgan fingerprint density at radius 1 is 0.871 bits per heavy atom. The highest BCUT2D eigenvalue weighted by molar-refractivity contribution is 5.99. The van der Waals surface area contributed by atoms with Crippen LogP contribution in [-0.4, -0.2) is 43.6 Å². The van der Waals surface area contributed by atoms with E-state index in [1.807, 2.05) is 78.9 Å². The fourth-order valence-electron chi connectivity index (χ4n) is 3.43. The summed E-state index contributed by atoms with van der Waals surface area (Å²) in [4.78, 5) is 28.4. The van der Waals surface area contributed by atoms with Gasteiger partial charge in [-0.05, 0) is 60.7 Å². The normalized spacial score (nSPS) is 13.3. The van der Waals surface area contributed by atoms with Crippen LogP contribution in [0.1, 0.15) is 0 Å². The van der Waals surface area contributed by atoms with Crippen LogP contribution in [-0.2, 0) is 4.79 Å². The summed E-state index contributed by atoms with van der Waals surface area (Å²) in [6.07, 6.45) is 0. The summed E-state index contributed by atoms with van der Waals surface area (Å²) in [6, 6.07) is 24.4. The zero-order valence-corrected chi connectivity index (χ0v) is 17.2. The molecule has 0 aromatic heterocycles. The second kappa shape index (κ2) is 9.21. The fourth-order valence-corrected chi connectivity index (χ4v) is 3.43. The molecule has 0 unspecified atom stereocenters. The summed E-state index contributed by atoms with van der Waals surface area (Å²) in [7, 11) is 1.60. The molecule has 3 aromatic rings. The largest absolute Gasteiger partial charge is 0.497 e. The Labute approximate surface area is 181 Å². The molecular weight excluding hydrogens is 392 g/mol. The van der Waals surface area contributed by atoms with E-state index < -0.39 is 0 Å². The molecule has 31 heavy (non-hydrogen) atoms. The Kier molecular flexibility index (Phi) is 6.03. The summed E-state index contributed by atoms with van der Waals surface area (Å²) in [6.45, 7) is 1.05. The minimum Gasteiger partial charge on any atom is -0.497 e. The number of hydrogen-bond acceptors (Lipinski definition) is 4. The molecule has 3 amide bonds. The molecule has 0 spiro atoms. The van der Waals surface area contributed by atoms with Crippen LogP contribution in [0.25, 0.3) is 0 Å². The molecule has 0 radical (unpaired) electrons. The molecule has 158 valence electrons. The lowest BCUT2D eigenvalue weighted by molar-refractivity contribution is -0.116. The Morgan fingerprint density at radius 2 is 1.52 bits per heavy atom. The Morgan fingerprint density at radius 3 is 2.19 bits per heavy atom. The molecule has 1 aliphatic rings. The lowest BCUT2D eigenvalue weighted by Crippen LogP contribution is -2.37. The summed E-state index contributed by atoms with van der Waals surface area (Å²) in [5.41, 5.74) is 3.39. The first-order valence-corrected chi connectivity index (χ1v) is 10.0. The van der Waals surface area contributed by atoms with Crippen LogP contribution in [0, 0.1) is 0 Å². The molecule has 1 heterocycles. The molecule has 0 saturated carbocycles. The van der Waals surface area contributed by atoms with Crippen LogP contribution in [0.5, 0.6) is 5.75 Å². The number of rotatable bonds is 7. The smallest absolute Gasteiger partial charge is 0.325 e. The molecule has 0 atom stereocenters. The van der Waals surface area contributed by atoms with Gasteiger partial charge in [-0.3, -0.25) is 9.69 Å². The number of nitrogens with one attached hydrogen (secondary N) is 2. The molecule has 1 saturated heterocycles. The van der Waals surface area contributed by atoms with E-state index in [4.69, 9.17) is 4.74 Å². The Hall–Kier alpha value is -4.00. The second-order valence-electron chi connectivity index (χ2n) is 7.17. The number of carbonyl (C=O) groups is 2. The van der Waals surface area contributed by atoms with Crippen molar-refractivity contribution in [3.8, 4) is 5.75 Å². The first-order chi connectivity index (χ1) is 15.1.